The number of ether oxygens (including phenoxy) is 1. The van der Waals surface area contributed by atoms with Gasteiger partial charge in [-0.15, -0.1) is 0 Å². The van der Waals surface area contributed by atoms with Crippen LogP contribution in [0.2, 0.25) is 0 Å². The minimum Gasteiger partial charge on any atom is -0.370 e. The van der Waals surface area contributed by atoms with Crippen molar-refractivity contribution in [2.45, 2.75) is 192 Å². The Balaban J connectivity index is 4.12. The van der Waals surface area contributed by atoms with E-state index in [1.54, 1.807) is 24.3 Å². The Morgan fingerprint density at radius 1 is 0.325 bits per heavy atom. The van der Waals surface area contributed by atoms with Gasteiger partial charge in [0.25, 0.3) is 0 Å². The molecule has 0 bridgehead atoms. The van der Waals surface area contributed by atoms with Crippen molar-refractivity contribution in [2.75, 3.05) is 72.1 Å². The van der Waals surface area contributed by atoms with Crippen molar-refractivity contribution in [3.8, 4) is 0 Å². The lowest BCUT2D eigenvalue weighted by molar-refractivity contribution is -0.136. The van der Waals surface area contributed by atoms with Crippen LogP contribution in [0.4, 0.5) is 0 Å². The highest BCUT2D eigenvalue weighted by Crippen LogP contribution is 2.24. The van der Waals surface area contributed by atoms with Crippen molar-refractivity contribution in [3.05, 3.63) is 35.4 Å². The quantitative estimate of drug-likeness (QED) is 0.0125. The molecule has 0 radical (unpaired) electrons. The molecular formula is C72H127N31O14. The fourth-order valence-electron chi connectivity index (χ4n) is 12.1. The lowest BCUT2D eigenvalue weighted by Crippen LogP contribution is -2.49. The summed E-state index contributed by atoms with van der Waals surface area (Å²) in [5.74, 6) is -17.0. The number of hydrogen-bond donors (Lipinski definition) is 31. The van der Waals surface area contributed by atoms with E-state index in [-0.39, 0.29) is 217 Å². The molecule has 0 fully saturated rings. The highest BCUT2D eigenvalue weighted by Gasteiger charge is 2.37. The highest BCUT2D eigenvalue weighted by molar-refractivity contribution is 5.99. The van der Waals surface area contributed by atoms with Gasteiger partial charge in [-0.25, -0.2) is 0 Å². The van der Waals surface area contributed by atoms with Crippen LogP contribution in [0.3, 0.4) is 0 Å². The highest BCUT2D eigenvalue weighted by atomic mass is 16.5. The lowest BCUT2D eigenvalue weighted by atomic mass is 9.88. The summed E-state index contributed by atoms with van der Waals surface area (Å²) in [4.78, 5) is 182. The number of amides is 7. The first-order valence-corrected chi connectivity index (χ1v) is 38.8. The first kappa shape index (κ1) is 103. The van der Waals surface area contributed by atoms with Crippen LogP contribution in [-0.4, -0.2) is 226 Å². The van der Waals surface area contributed by atoms with Gasteiger partial charge in [0.1, 0.15) is 6.61 Å². The number of nitrogens with one attached hydrogen (secondary N) is 22. The molecule has 0 aliphatic rings. The summed E-state index contributed by atoms with van der Waals surface area (Å²) in [6, 6.07) is -0.519. The van der Waals surface area contributed by atoms with E-state index in [4.69, 9.17) is 99.6 Å². The SMILES string of the molecule is CC(=O)NCCOCC(=O)N[C@@H](Cc1ccc(C(C)=O)cc1)C(=O)C[C@H](CCCNC(=N)N)C(=O)N[C@H](CCCNC(=N)N)C(=O)C[C@H](CCCNC(=N)N)C(=O)N[C@H](CCCNC(=N)N)C(=O)C[C@H](CCCNC(=N)N)C(=O)N[C@H](CCCNC(=N)N)C(=O)C[C@H](CCCNC(=N)N)C(=O)N[C@H](CCCNC(=N)N)C(=O)CCC(N)=O. The molecule has 117 heavy (non-hydrogen) atoms. The molecule has 1 aromatic carbocycles. The van der Waals surface area contributed by atoms with Crippen molar-refractivity contribution in [1.82, 2.24) is 74.4 Å². The van der Waals surface area contributed by atoms with E-state index in [1.165, 1.54) is 13.8 Å². The van der Waals surface area contributed by atoms with Gasteiger partial charge in [0.15, 0.2) is 82.4 Å². The van der Waals surface area contributed by atoms with Crippen molar-refractivity contribution in [3.63, 3.8) is 0 Å². The zero-order chi connectivity index (χ0) is 88.0. The molecule has 0 saturated carbocycles. The van der Waals surface area contributed by atoms with Crippen LogP contribution in [-0.2, 0) is 68.7 Å². The standard InChI is InChI=1S/C72H127N31O14/c1-41(104)44-21-19-43(20-22-44)35-53(99-60(112)40-117-34-33-90-42(2)105)58(110)39-48(14-6-28-94-68(80)81)64(116)103-52(18-10-32-98-72(88)89)57(109)38-47(13-5-27-93-67(78)79)63(115)102-51(17-9-31-97-71(86)87)56(108)37-46(12-4-26-92-66(76)77)62(114)101-50(16-8-30-96-70(84)85)55(107)36-45(11-3-25-91-65(74)75)61(113)100-49(15-7-29-95-69(82)83)54(106)23-24-59(73)111/h19-22,45-53H,3-18,23-40H2,1-2H3,(H2,73,111)(H,90,105)(H,99,112)(H,100,113)(H,101,114)(H,102,115)(H,103,116)(H4,74,75,91)(H4,76,77,92)(H4,78,79,93)(H4,80,81,94)(H4,82,83,95)(H4,84,85,96)(H4,86,87,97)(H4,88,89,98)/t45-,46-,47-,48-,49+,50+,51+,52+,53-/m0/s1. The molecule has 7 amide bonds. The Labute approximate surface area is 680 Å². The van der Waals surface area contributed by atoms with Crippen LogP contribution < -0.4 is 126 Å². The van der Waals surface area contributed by atoms with Crippen LogP contribution in [0.5, 0.6) is 0 Å². The fraction of sp³-hybridized carbons (Fsp3) is 0.625. The molecule has 654 valence electrons. The minimum absolute atomic E-state index is 0.00424. The Morgan fingerprint density at radius 3 is 0.846 bits per heavy atom. The zero-order valence-electron chi connectivity index (χ0n) is 67.0. The molecule has 0 aliphatic carbocycles. The third kappa shape index (κ3) is 49.8. The van der Waals surface area contributed by atoms with Crippen LogP contribution in [0.15, 0.2) is 24.3 Å². The molecule has 0 aromatic heterocycles. The van der Waals surface area contributed by atoms with Gasteiger partial charge in [0.2, 0.25) is 41.4 Å². The van der Waals surface area contributed by atoms with Crippen molar-refractivity contribution < 1.29 is 67.1 Å². The largest absolute Gasteiger partial charge is 0.370 e. The van der Waals surface area contributed by atoms with Gasteiger partial charge in [-0.1, -0.05) is 24.3 Å². The van der Waals surface area contributed by atoms with Gasteiger partial charge in [0.05, 0.1) is 36.8 Å². The van der Waals surface area contributed by atoms with Crippen LogP contribution in [0, 0.1) is 66.9 Å². The molecule has 1 aromatic rings. The van der Waals surface area contributed by atoms with Crippen molar-refractivity contribution in [1.29, 1.82) is 43.3 Å². The third-order valence-corrected chi connectivity index (χ3v) is 18.2. The maximum absolute atomic E-state index is 15.2. The molecule has 45 nitrogen and oxygen atoms in total. The average molecular weight is 1650 g/mol. The van der Waals surface area contributed by atoms with Crippen LogP contribution >= 0.6 is 0 Å². The molecule has 0 unspecified atom stereocenters. The third-order valence-electron chi connectivity index (χ3n) is 18.2. The Kier molecular flexibility index (Phi) is 51.3. The minimum atomic E-state index is -1.46. The Hall–Kier alpha value is -12.3. The number of primary amides is 1. The maximum Gasteiger partial charge on any atom is 0.246 e. The van der Waals surface area contributed by atoms with Crippen LogP contribution in [0.1, 0.15) is 171 Å². The summed E-state index contributed by atoms with van der Waals surface area (Å²) >= 11 is 0. The Morgan fingerprint density at radius 2 is 0.590 bits per heavy atom. The smallest absolute Gasteiger partial charge is 0.246 e. The number of hydrogen-bond acceptors (Lipinski definition) is 22. The number of nitrogens with two attached hydrogens (primary N) is 9. The molecule has 1 rings (SSSR count). The number of rotatable bonds is 65. The maximum atomic E-state index is 15.2. The number of ketones is 6. The van der Waals surface area contributed by atoms with Gasteiger partial charge in [-0.3, -0.25) is 106 Å². The van der Waals surface area contributed by atoms with E-state index < -0.39 is 180 Å². The number of guanidine groups is 8. The van der Waals surface area contributed by atoms with Gasteiger partial charge in [0, 0.05) is 134 Å². The van der Waals surface area contributed by atoms with E-state index in [2.05, 4.69) is 74.4 Å². The average Bonchev–Trinajstić information content (AvgIpc) is 0.812. The molecule has 9 atom stereocenters. The summed E-state index contributed by atoms with van der Waals surface area (Å²) in [6.45, 7) is 2.49. The van der Waals surface area contributed by atoms with Gasteiger partial charge < -0.3 is 131 Å². The van der Waals surface area contributed by atoms with E-state index in [0.29, 0.717) is 11.1 Å². The van der Waals surface area contributed by atoms with Crippen molar-refractivity contribution >= 4 is 124 Å². The number of carbonyl (C=O) groups excluding carboxylic acids is 13. The van der Waals surface area contributed by atoms with Gasteiger partial charge in [-0.2, -0.15) is 0 Å². The molecule has 40 N–H and O–H groups in total. The molecule has 0 saturated heterocycles. The summed E-state index contributed by atoms with van der Waals surface area (Å²) in [5.41, 5.74) is 50.8. The molecule has 0 heterocycles. The molecular weight excluding hydrogens is 1520 g/mol. The predicted molar refractivity (Wildman–Crippen MR) is 438 cm³/mol. The second kappa shape index (κ2) is 58.5. The normalized spacial score (nSPS) is 13.1. The first-order chi connectivity index (χ1) is 55.3. The second-order valence-corrected chi connectivity index (χ2v) is 28.1. The van der Waals surface area contributed by atoms with E-state index >= 15 is 19.2 Å². The van der Waals surface area contributed by atoms with Crippen molar-refractivity contribution in [2.24, 2.45) is 75.3 Å². The molecule has 0 aliphatic heterocycles. The predicted octanol–water partition coefficient (Wildman–Crippen LogP) is -5.75. The monoisotopic (exact) mass is 1650 g/mol. The number of carbonyl (C=O) groups is 13. The fourth-order valence-corrected chi connectivity index (χ4v) is 12.1. The topological polar surface area (TPSA) is 825 Å². The van der Waals surface area contributed by atoms with Gasteiger partial charge >= 0.3 is 0 Å². The van der Waals surface area contributed by atoms with Crippen LogP contribution in [0.25, 0.3) is 0 Å². The summed E-state index contributed by atoms with van der Waals surface area (Å²) in [5, 5.41) is 99.1. The number of Topliss-reactive ketones (excluding diaryl/α,β-unsaturated/α-hetero) is 6. The first-order valence-electron chi connectivity index (χ1n) is 38.8. The Bertz CT molecular complexity index is 3530. The summed E-state index contributed by atoms with van der Waals surface area (Å²) in [7, 11) is 0. The number of benzene rings is 1. The molecule has 0 spiro atoms. The summed E-state index contributed by atoms with van der Waals surface area (Å²) < 4.78 is 5.44. The zero-order valence-corrected chi connectivity index (χ0v) is 67.0. The lowest BCUT2D eigenvalue weighted by Gasteiger charge is -2.27. The van der Waals surface area contributed by atoms with E-state index in [0.717, 1.165) is 0 Å². The summed E-state index contributed by atoms with van der Waals surface area (Å²) in [6.07, 6.45) is -3.08. The van der Waals surface area contributed by atoms with Gasteiger partial charge in [-0.05, 0) is 122 Å². The van der Waals surface area contributed by atoms with E-state index in [9.17, 15) is 43.2 Å². The molecule has 45 heteroatoms. The second-order valence-electron chi connectivity index (χ2n) is 28.1. The van der Waals surface area contributed by atoms with E-state index in [1.807, 2.05) is 0 Å².